The Morgan fingerprint density at radius 1 is 0.250 bits per heavy atom. The van der Waals surface area contributed by atoms with Crippen molar-refractivity contribution < 1.29 is 40.3 Å². The van der Waals surface area contributed by atoms with Crippen molar-refractivity contribution >= 4 is 66.2 Å². The van der Waals surface area contributed by atoms with Crippen LogP contribution in [0.2, 0.25) is 0 Å². The van der Waals surface area contributed by atoms with Gasteiger partial charge in [0.25, 0.3) is 7.43 Å². The zero-order valence-corrected chi connectivity index (χ0v) is 37.2. The molecule has 16 heteroatoms. The van der Waals surface area contributed by atoms with Gasteiger partial charge in [-0.3, -0.25) is 0 Å². The van der Waals surface area contributed by atoms with Gasteiger partial charge in [0.2, 0.25) is 0 Å². The first kappa shape index (κ1) is 42.4. The number of phenols is 7. The van der Waals surface area contributed by atoms with Crippen LogP contribution in [0, 0.1) is 0 Å². The lowest BCUT2D eigenvalue weighted by atomic mass is 10.3. The molecule has 0 amide bonds. The second-order valence-electron chi connectivity index (χ2n) is 14.7. The molecule has 64 heavy (non-hydrogen) atoms. The van der Waals surface area contributed by atoms with Crippen LogP contribution in [0.15, 0.2) is 218 Å². The third-order valence-electron chi connectivity index (χ3n) is 10.4. The minimum Gasteiger partial charge on any atom is -0.508 e. The lowest BCUT2D eigenvalue weighted by Gasteiger charge is -2.37. The zero-order chi connectivity index (χ0) is 44.5. The zero-order valence-electron chi connectivity index (χ0n) is 33.7. The minimum atomic E-state index is -4.03. The molecule has 1 unspecified atom stereocenters. The van der Waals surface area contributed by atoms with Crippen LogP contribution >= 0.6 is 29.0 Å². The molecule has 0 saturated carbocycles. The van der Waals surface area contributed by atoms with Crippen molar-refractivity contribution in [3.05, 3.63) is 200 Å². The maximum absolute atomic E-state index is 10.8. The molecular weight excluding hydrogens is 884 g/mol. The number of aromatic hydroxyl groups is 7. The SMILES string of the molecule is Oc1ccc(P2(Oc3ccccc3)=NP(c3ccc(O)cc3)(c3ccc(O)cc3)=NP(c3ccc(O)cc3)(c3ccc(O)cc3)=NP(c3ccc(O)cc3)(c3ccc(O)cc3)=N2)cc1. The van der Waals surface area contributed by atoms with Gasteiger partial charge in [-0.05, 0) is 182 Å². The standard InChI is InChI=1S/C48H40N4O8P4/c53-34-6-20-42(21-7-34)61(43-22-8-35(54)9-23-43)49-62(44-24-10-36(55)11-25-44,45-26-12-37(56)13-27-45)51-64(48-32-18-40(59)19-33-48,60-41-4-2-1-3-5-41)52-63(50-61,46-28-14-38(57)15-29-46)47-30-16-39(58)17-31-47/h1-33,53-59H. The molecule has 0 bridgehead atoms. The van der Waals surface area contributed by atoms with Gasteiger partial charge in [0.05, 0.1) is 5.30 Å². The molecule has 1 heterocycles. The molecule has 0 spiro atoms. The number of para-hydroxylation sites is 1. The first-order valence-corrected chi connectivity index (χ1v) is 26.5. The van der Waals surface area contributed by atoms with Crippen molar-refractivity contribution in [3.8, 4) is 46.0 Å². The monoisotopic (exact) mass is 924 g/mol. The van der Waals surface area contributed by atoms with Gasteiger partial charge in [-0.25, -0.2) is 9.03 Å². The summed E-state index contributed by atoms with van der Waals surface area (Å²) in [4.78, 5) is 0. The van der Waals surface area contributed by atoms with Crippen LogP contribution in [0.1, 0.15) is 0 Å². The summed E-state index contributed by atoms with van der Waals surface area (Å²) in [5.41, 5.74) is 0. The Bertz CT molecular complexity index is 2970. The number of phenolic OH excluding ortho intramolecular Hbond substituents is 7. The predicted molar refractivity (Wildman–Crippen MR) is 259 cm³/mol. The highest BCUT2D eigenvalue weighted by Crippen LogP contribution is 2.77. The molecule has 0 saturated heterocycles. The number of nitrogens with zero attached hydrogens (tertiary/aromatic N) is 4. The maximum atomic E-state index is 10.8. The van der Waals surface area contributed by atoms with Crippen LogP contribution in [-0.2, 0) is 0 Å². The summed E-state index contributed by atoms with van der Waals surface area (Å²) in [6, 6.07) is 55.4. The van der Waals surface area contributed by atoms with Crippen molar-refractivity contribution in [2.45, 2.75) is 0 Å². The Labute approximate surface area is 369 Å². The third-order valence-corrected chi connectivity index (χ3v) is 26.1. The van der Waals surface area contributed by atoms with E-state index in [0.717, 1.165) is 0 Å². The topological polar surface area (TPSA) is 200 Å². The predicted octanol–water partition coefficient (Wildman–Crippen LogP) is 9.68. The average Bonchev–Trinajstić information content (AvgIpc) is 3.29. The summed E-state index contributed by atoms with van der Waals surface area (Å²) in [7, 11) is -15.4. The van der Waals surface area contributed by atoms with Gasteiger partial charge in [-0.1, -0.05) is 18.2 Å². The summed E-state index contributed by atoms with van der Waals surface area (Å²) in [6.45, 7) is 0. The Kier molecular flexibility index (Phi) is 11.2. The first-order valence-electron chi connectivity index (χ1n) is 19.8. The Morgan fingerprint density at radius 3 is 0.766 bits per heavy atom. The van der Waals surface area contributed by atoms with Gasteiger partial charge in [0, 0.05) is 31.8 Å². The molecule has 0 radical (unpaired) electrons. The fraction of sp³-hybridized carbons (Fsp3) is 0. The van der Waals surface area contributed by atoms with E-state index in [1.54, 1.807) is 170 Å². The Hall–Kier alpha value is -6.92. The van der Waals surface area contributed by atoms with E-state index in [2.05, 4.69) is 0 Å². The summed E-state index contributed by atoms with van der Waals surface area (Å²) >= 11 is 0. The maximum Gasteiger partial charge on any atom is 0.284 e. The van der Waals surface area contributed by atoms with E-state index in [0.29, 0.717) is 42.9 Å². The van der Waals surface area contributed by atoms with Crippen molar-refractivity contribution in [3.63, 3.8) is 0 Å². The molecule has 9 rings (SSSR count). The minimum absolute atomic E-state index is 0.00110. The van der Waals surface area contributed by atoms with E-state index < -0.39 is 29.0 Å². The van der Waals surface area contributed by atoms with E-state index in [4.69, 9.17) is 22.6 Å². The quantitative estimate of drug-likeness (QED) is 0.0694. The van der Waals surface area contributed by atoms with Gasteiger partial charge in [0.1, 0.15) is 67.6 Å². The third kappa shape index (κ3) is 7.98. The van der Waals surface area contributed by atoms with Crippen LogP contribution in [0.3, 0.4) is 0 Å². The van der Waals surface area contributed by atoms with Crippen molar-refractivity contribution in [1.82, 2.24) is 0 Å². The Balaban J connectivity index is 1.66. The van der Waals surface area contributed by atoms with Crippen molar-refractivity contribution in [2.24, 2.45) is 18.1 Å². The summed E-state index contributed by atoms with van der Waals surface area (Å²) in [5.74, 6) is 0.392. The molecule has 7 N–H and O–H groups in total. The van der Waals surface area contributed by atoms with Gasteiger partial charge in [-0.2, -0.15) is 9.03 Å². The molecule has 1 aliphatic rings. The van der Waals surface area contributed by atoms with E-state index in [-0.39, 0.29) is 40.2 Å². The first-order chi connectivity index (χ1) is 30.9. The molecule has 0 aliphatic carbocycles. The highest BCUT2D eigenvalue weighted by Gasteiger charge is 2.44. The van der Waals surface area contributed by atoms with Crippen LogP contribution < -0.4 is 41.7 Å². The molecule has 8 aromatic rings. The smallest absolute Gasteiger partial charge is 0.284 e. The van der Waals surface area contributed by atoms with E-state index in [1.807, 2.05) is 18.2 Å². The van der Waals surface area contributed by atoms with E-state index in [1.165, 1.54) is 12.1 Å². The molecule has 1 atom stereocenters. The van der Waals surface area contributed by atoms with Crippen LogP contribution in [-0.4, -0.2) is 35.7 Å². The molecule has 320 valence electrons. The number of hydrogen-bond acceptors (Lipinski definition) is 12. The van der Waals surface area contributed by atoms with Gasteiger partial charge < -0.3 is 40.3 Å². The highest BCUT2D eigenvalue weighted by molar-refractivity contribution is 7.98. The van der Waals surface area contributed by atoms with Gasteiger partial charge >= 0.3 is 0 Å². The van der Waals surface area contributed by atoms with Crippen LogP contribution in [0.5, 0.6) is 46.0 Å². The van der Waals surface area contributed by atoms with E-state index in [9.17, 15) is 35.7 Å². The molecule has 1 aliphatic heterocycles. The van der Waals surface area contributed by atoms with Crippen LogP contribution in [0.4, 0.5) is 0 Å². The second-order valence-corrected chi connectivity index (χ2v) is 26.1. The molecule has 0 fully saturated rings. The summed E-state index contributed by atoms with van der Waals surface area (Å²) < 4.78 is 31.9. The number of rotatable bonds is 9. The fourth-order valence-corrected chi connectivity index (χ4v) is 26.4. The molecular formula is C48H40N4O8P4. The molecule has 12 nitrogen and oxygen atoms in total. The Morgan fingerprint density at radius 2 is 0.484 bits per heavy atom. The van der Waals surface area contributed by atoms with Crippen molar-refractivity contribution in [1.29, 1.82) is 0 Å². The van der Waals surface area contributed by atoms with E-state index >= 15 is 0 Å². The second kappa shape index (κ2) is 17.0. The van der Waals surface area contributed by atoms with Gasteiger partial charge in [-0.15, -0.1) is 0 Å². The lowest BCUT2D eigenvalue weighted by Crippen LogP contribution is -2.23. The summed E-state index contributed by atoms with van der Waals surface area (Å²) in [5, 5.41) is 79.5. The fourth-order valence-electron chi connectivity index (χ4n) is 7.29. The normalized spacial score (nSPS) is 17.2. The summed E-state index contributed by atoms with van der Waals surface area (Å²) in [6.07, 6.45) is 0. The molecule has 8 aromatic carbocycles. The number of benzene rings is 8. The largest absolute Gasteiger partial charge is 0.508 e. The van der Waals surface area contributed by atoms with Crippen molar-refractivity contribution in [2.75, 3.05) is 0 Å². The van der Waals surface area contributed by atoms with Gasteiger partial charge in [0.15, 0.2) is 0 Å². The number of hydrogen-bond donors (Lipinski definition) is 7. The average molecular weight is 925 g/mol. The highest BCUT2D eigenvalue weighted by atomic mass is 31.3. The molecule has 0 aromatic heterocycles. The lowest BCUT2D eigenvalue weighted by molar-refractivity contribution is 0.475. The van der Waals surface area contributed by atoms with Crippen LogP contribution in [0.25, 0.3) is 0 Å².